The fraction of sp³-hybridized carbons (Fsp3) is 0.440. The summed E-state index contributed by atoms with van der Waals surface area (Å²) in [5.74, 6) is -0.336. The normalized spacial score (nSPS) is 17.4. The number of hydrogen-bond donors (Lipinski definition) is 1. The topological polar surface area (TPSA) is 90.0 Å². The van der Waals surface area contributed by atoms with Crippen LogP contribution in [0.3, 0.4) is 0 Å². The van der Waals surface area contributed by atoms with Gasteiger partial charge in [-0.15, -0.1) is 0 Å². The number of rotatable bonds is 7. The fourth-order valence-electron chi connectivity index (χ4n) is 4.43. The molecule has 2 saturated heterocycles. The molecule has 2 amide bonds. The summed E-state index contributed by atoms with van der Waals surface area (Å²) in [6.07, 6.45) is 3.90. The highest BCUT2D eigenvalue weighted by Crippen LogP contribution is 2.22. The molecule has 1 N–H and O–H groups in total. The Balaban J connectivity index is 1.21. The quantitative estimate of drug-likeness (QED) is 0.653. The number of piperazine rings is 1. The number of anilines is 2. The van der Waals surface area contributed by atoms with Gasteiger partial charge in [-0.2, -0.15) is 4.31 Å². The highest BCUT2D eigenvalue weighted by Gasteiger charge is 2.30. The monoisotopic (exact) mass is 484 g/mol. The van der Waals surface area contributed by atoms with Crippen LogP contribution in [0.1, 0.15) is 32.1 Å². The summed E-state index contributed by atoms with van der Waals surface area (Å²) in [7, 11) is -3.55. The van der Waals surface area contributed by atoms with Crippen LogP contribution < -0.4 is 10.2 Å². The van der Waals surface area contributed by atoms with Crippen molar-refractivity contribution in [2.45, 2.75) is 37.0 Å². The minimum atomic E-state index is -3.55. The summed E-state index contributed by atoms with van der Waals surface area (Å²) in [5.41, 5.74) is 1.89. The minimum Gasteiger partial charge on any atom is -0.372 e. The van der Waals surface area contributed by atoms with Crippen molar-refractivity contribution in [3.8, 4) is 0 Å². The summed E-state index contributed by atoms with van der Waals surface area (Å²) in [4.78, 5) is 29.2. The molecule has 0 bridgehead atoms. The van der Waals surface area contributed by atoms with Crippen LogP contribution in [-0.4, -0.2) is 68.7 Å². The predicted molar refractivity (Wildman–Crippen MR) is 132 cm³/mol. The third-order valence-corrected chi connectivity index (χ3v) is 8.32. The molecule has 8 nitrogen and oxygen atoms in total. The second kappa shape index (κ2) is 11.0. The van der Waals surface area contributed by atoms with Gasteiger partial charge in [0.1, 0.15) is 0 Å². The van der Waals surface area contributed by atoms with Gasteiger partial charge in [0.2, 0.25) is 21.8 Å². The van der Waals surface area contributed by atoms with E-state index >= 15 is 0 Å². The average molecular weight is 485 g/mol. The van der Waals surface area contributed by atoms with Gasteiger partial charge in [0.15, 0.2) is 0 Å². The Kier molecular flexibility index (Phi) is 7.84. The molecule has 34 heavy (non-hydrogen) atoms. The van der Waals surface area contributed by atoms with E-state index in [2.05, 4.69) is 10.2 Å². The van der Waals surface area contributed by atoms with Crippen LogP contribution in [-0.2, 0) is 19.6 Å². The van der Waals surface area contributed by atoms with E-state index in [4.69, 9.17) is 0 Å². The molecule has 2 heterocycles. The molecule has 2 aliphatic rings. The van der Waals surface area contributed by atoms with Gasteiger partial charge in [-0.1, -0.05) is 18.2 Å². The summed E-state index contributed by atoms with van der Waals surface area (Å²) in [5, 5.41) is 2.86. The first-order valence-electron chi connectivity index (χ1n) is 11.9. The Bertz CT molecular complexity index is 1080. The zero-order valence-electron chi connectivity index (χ0n) is 19.4. The van der Waals surface area contributed by atoms with E-state index in [0.29, 0.717) is 13.1 Å². The number of benzene rings is 2. The SMILES string of the molecule is O=C(CCC(=O)N1CCN(S(=O)(=O)c2ccccc2)CC1)Nc1ccc(N2CCCCC2)cc1. The number of nitrogens with zero attached hydrogens (tertiary/aromatic N) is 3. The van der Waals surface area contributed by atoms with Crippen LogP contribution in [0, 0.1) is 0 Å². The van der Waals surface area contributed by atoms with Gasteiger partial charge in [-0.3, -0.25) is 9.59 Å². The van der Waals surface area contributed by atoms with Crippen LogP contribution in [0.15, 0.2) is 59.5 Å². The van der Waals surface area contributed by atoms with E-state index in [1.165, 1.54) is 29.3 Å². The second-order valence-electron chi connectivity index (χ2n) is 8.74. The van der Waals surface area contributed by atoms with E-state index in [-0.39, 0.29) is 42.6 Å². The number of nitrogens with one attached hydrogen (secondary N) is 1. The number of sulfonamides is 1. The summed E-state index contributed by atoms with van der Waals surface area (Å²) in [6, 6.07) is 16.2. The summed E-state index contributed by atoms with van der Waals surface area (Å²) < 4.78 is 26.9. The maximum absolute atomic E-state index is 12.7. The average Bonchev–Trinajstić information content (AvgIpc) is 2.89. The van der Waals surface area contributed by atoms with Crippen molar-refractivity contribution in [1.82, 2.24) is 9.21 Å². The molecular formula is C25H32N4O4S. The molecule has 0 aromatic heterocycles. The fourth-order valence-corrected chi connectivity index (χ4v) is 5.87. The van der Waals surface area contributed by atoms with Crippen LogP contribution in [0.25, 0.3) is 0 Å². The number of carbonyl (C=O) groups excluding carboxylic acids is 2. The Morgan fingerprint density at radius 3 is 2.06 bits per heavy atom. The van der Waals surface area contributed by atoms with Gasteiger partial charge >= 0.3 is 0 Å². The van der Waals surface area contributed by atoms with Crippen molar-refractivity contribution in [2.24, 2.45) is 0 Å². The lowest BCUT2D eigenvalue weighted by Gasteiger charge is -2.34. The van der Waals surface area contributed by atoms with Crippen molar-refractivity contribution in [3.05, 3.63) is 54.6 Å². The smallest absolute Gasteiger partial charge is 0.243 e. The molecule has 182 valence electrons. The minimum absolute atomic E-state index is 0.0925. The number of hydrogen-bond acceptors (Lipinski definition) is 5. The molecule has 0 aliphatic carbocycles. The molecule has 2 fully saturated rings. The van der Waals surface area contributed by atoms with E-state index in [1.807, 2.05) is 24.3 Å². The molecule has 9 heteroatoms. The first kappa shape index (κ1) is 24.2. The number of piperidine rings is 1. The van der Waals surface area contributed by atoms with Crippen molar-refractivity contribution in [2.75, 3.05) is 49.5 Å². The number of amides is 2. The van der Waals surface area contributed by atoms with Gasteiger partial charge in [0.25, 0.3) is 0 Å². The van der Waals surface area contributed by atoms with Gasteiger partial charge in [-0.05, 0) is 55.7 Å². The Labute approximate surface area is 201 Å². The lowest BCUT2D eigenvalue weighted by molar-refractivity contribution is -0.133. The van der Waals surface area contributed by atoms with E-state index in [1.54, 1.807) is 35.2 Å². The molecule has 4 rings (SSSR count). The van der Waals surface area contributed by atoms with Crippen LogP contribution in [0.4, 0.5) is 11.4 Å². The molecule has 2 aromatic carbocycles. The summed E-state index contributed by atoms with van der Waals surface area (Å²) >= 11 is 0. The van der Waals surface area contributed by atoms with Gasteiger partial charge in [0.05, 0.1) is 4.90 Å². The molecule has 0 spiro atoms. The van der Waals surface area contributed by atoms with Crippen LogP contribution >= 0.6 is 0 Å². The van der Waals surface area contributed by atoms with E-state index < -0.39 is 10.0 Å². The standard InChI is InChI=1S/C25H32N4O4S/c30-24(26-21-9-11-22(12-10-21)27-15-5-2-6-16-27)13-14-25(31)28-17-19-29(20-18-28)34(32,33)23-7-3-1-4-8-23/h1,3-4,7-12H,2,5-6,13-20H2,(H,26,30). The van der Waals surface area contributed by atoms with E-state index in [9.17, 15) is 18.0 Å². The van der Waals surface area contributed by atoms with Crippen molar-refractivity contribution < 1.29 is 18.0 Å². The first-order valence-corrected chi connectivity index (χ1v) is 13.4. The van der Waals surface area contributed by atoms with E-state index in [0.717, 1.165) is 18.8 Å². The molecule has 2 aliphatic heterocycles. The highest BCUT2D eigenvalue weighted by molar-refractivity contribution is 7.89. The van der Waals surface area contributed by atoms with Crippen molar-refractivity contribution in [3.63, 3.8) is 0 Å². The third kappa shape index (κ3) is 5.95. The Morgan fingerprint density at radius 2 is 1.41 bits per heavy atom. The zero-order chi connectivity index (χ0) is 24.0. The molecule has 0 saturated carbocycles. The third-order valence-electron chi connectivity index (χ3n) is 6.41. The van der Waals surface area contributed by atoms with Crippen molar-refractivity contribution >= 4 is 33.2 Å². The van der Waals surface area contributed by atoms with Crippen LogP contribution in [0.2, 0.25) is 0 Å². The lowest BCUT2D eigenvalue weighted by Crippen LogP contribution is -2.50. The maximum atomic E-state index is 12.7. The van der Waals surface area contributed by atoms with Gasteiger partial charge in [0, 0.05) is 63.5 Å². The van der Waals surface area contributed by atoms with Crippen LogP contribution in [0.5, 0.6) is 0 Å². The molecule has 0 atom stereocenters. The van der Waals surface area contributed by atoms with Gasteiger partial charge in [-0.25, -0.2) is 8.42 Å². The predicted octanol–water partition coefficient (Wildman–Crippen LogP) is 2.93. The molecule has 0 unspecified atom stereocenters. The molecule has 2 aromatic rings. The van der Waals surface area contributed by atoms with Gasteiger partial charge < -0.3 is 15.1 Å². The maximum Gasteiger partial charge on any atom is 0.243 e. The first-order chi connectivity index (χ1) is 16.4. The molecular weight excluding hydrogens is 452 g/mol. The van der Waals surface area contributed by atoms with Crippen molar-refractivity contribution in [1.29, 1.82) is 0 Å². The lowest BCUT2D eigenvalue weighted by atomic mass is 10.1. The largest absolute Gasteiger partial charge is 0.372 e. The molecule has 0 radical (unpaired) electrons. The highest BCUT2D eigenvalue weighted by atomic mass is 32.2. The Hall–Kier alpha value is -2.91. The second-order valence-corrected chi connectivity index (χ2v) is 10.7. The zero-order valence-corrected chi connectivity index (χ0v) is 20.2. The summed E-state index contributed by atoms with van der Waals surface area (Å²) in [6.45, 7) is 3.28. The number of carbonyl (C=O) groups is 2. The Morgan fingerprint density at radius 1 is 0.765 bits per heavy atom.